The first-order valence-electron chi connectivity index (χ1n) is 10.3. The Morgan fingerprint density at radius 1 is 1.10 bits per heavy atom. The second-order valence-electron chi connectivity index (χ2n) is 7.20. The predicted molar refractivity (Wildman–Crippen MR) is 121 cm³/mol. The summed E-state index contributed by atoms with van der Waals surface area (Å²) in [5.74, 6) is 1.06. The number of nitrogens with zero attached hydrogens (tertiary/aromatic N) is 3. The molecule has 156 valence electrons. The number of aryl methyl sites for hydroxylation is 1. The van der Waals surface area contributed by atoms with Crippen LogP contribution in [0.2, 0.25) is 0 Å². The summed E-state index contributed by atoms with van der Waals surface area (Å²) < 4.78 is 5.43. The van der Waals surface area contributed by atoms with Gasteiger partial charge >= 0.3 is 0 Å². The molecule has 0 saturated carbocycles. The van der Waals surface area contributed by atoms with Crippen LogP contribution in [0.25, 0.3) is 10.9 Å². The van der Waals surface area contributed by atoms with Gasteiger partial charge in [-0.3, -0.25) is 9.69 Å². The van der Waals surface area contributed by atoms with Crippen molar-refractivity contribution < 1.29 is 9.53 Å². The predicted octanol–water partition coefficient (Wildman–Crippen LogP) is 3.76. The van der Waals surface area contributed by atoms with Gasteiger partial charge in [-0.05, 0) is 24.1 Å². The van der Waals surface area contributed by atoms with Gasteiger partial charge in [0.05, 0.1) is 31.0 Å². The molecule has 1 aliphatic heterocycles. The second-order valence-corrected chi connectivity index (χ2v) is 8.16. The second kappa shape index (κ2) is 10.0. The number of carbonyl (C=O) groups is 1. The van der Waals surface area contributed by atoms with Crippen LogP contribution in [-0.2, 0) is 22.5 Å². The molecular formula is C23H26N4O2S. The Balaban J connectivity index is 1.48. The Labute approximate surface area is 181 Å². The zero-order valence-corrected chi connectivity index (χ0v) is 18.0. The largest absolute Gasteiger partial charge is 0.379 e. The van der Waals surface area contributed by atoms with Gasteiger partial charge in [0.25, 0.3) is 0 Å². The highest BCUT2D eigenvalue weighted by molar-refractivity contribution is 8.00. The zero-order valence-electron chi connectivity index (χ0n) is 17.1. The van der Waals surface area contributed by atoms with Crippen molar-refractivity contribution in [3.63, 3.8) is 0 Å². The summed E-state index contributed by atoms with van der Waals surface area (Å²) in [6, 6.07) is 15.9. The normalized spacial score (nSPS) is 14.7. The number of amides is 1. The fourth-order valence-corrected chi connectivity index (χ4v) is 4.34. The molecule has 1 saturated heterocycles. The van der Waals surface area contributed by atoms with E-state index in [0.29, 0.717) is 12.3 Å². The molecule has 1 aromatic heterocycles. The van der Waals surface area contributed by atoms with Crippen molar-refractivity contribution in [2.45, 2.75) is 24.9 Å². The average Bonchev–Trinajstić information content (AvgIpc) is 2.78. The lowest BCUT2D eigenvalue weighted by atomic mass is 10.1. The number of anilines is 1. The molecule has 1 N–H and O–H groups in total. The number of hydrogen-bond donors (Lipinski definition) is 1. The molecule has 0 bridgehead atoms. The SMILES string of the molecule is CCc1ccccc1NC(=O)CSc1nc(CN2CCOCC2)nc2ccccc12. The molecular weight excluding hydrogens is 396 g/mol. The van der Waals surface area contributed by atoms with E-state index < -0.39 is 0 Å². The number of carbonyl (C=O) groups excluding carboxylic acids is 1. The number of thioether (sulfide) groups is 1. The molecule has 3 aromatic rings. The van der Waals surface area contributed by atoms with E-state index in [4.69, 9.17) is 14.7 Å². The summed E-state index contributed by atoms with van der Waals surface area (Å²) in [4.78, 5) is 24.4. The molecule has 2 aromatic carbocycles. The summed E-state index contributed by atoms with van der Waals surface area (Å²) in [6.07, 6.45) is 0.880. The van der Waals surface area contributed by atoms with E-state index in [0.717, 1.165) is 65.7 Å². The summed E-state index contributed by atoms with van der Waals surface area (Å²) in [5.41, 5.74) is 2.93. The lowest BCUT2D eigenvalue weighted by Crippen LogP contribution is -2.36. The van der Waals surface area contributed by atoms with E-state index in [-0.39, 0.29) is 5.91 Å². The number of para-hydroxylation sites is 2. The van der Waals surface area contributed by atoms with Crippen LogP contribution < -0.4 is 5.32 Å². The zero-order chi connectivity index (χ0) is 20.8. The van der Waals surface area contributed by atoms with Crippen LogP contribution in [0.4, 0.5) is 5.69 Å². The van der Waals surface area contributed by atoms with Gasteiger partial charge in [-0.25, -0.2) is 9.97 Å². The van der Waals surface area contributed by atoms with Gasteiger partial charge in [0.15, 0.2) is 0 Å². The van der Waals surface area contributed by atoms with E-state index in [2.05, 4.69) is 17.1 Å². The van der Waals surface area contributed by atoms with Crippen LogP contribution in [0, 0.1) is 0 Å². The highest BCUT2D eigenvalue weighted by Gasteiger charge is 2.15. The number of morpholine rings is 1. The number of ether oxygens (including phenoxy) is 1. The molecule has 4 rings (SSSR count). The van der Waals surface area contributed by atoms with Crippen molar-refractivity contribution in [3.05, 3.63) is 59.9 Å². The standard InChI is InChI=1S/C23H26N4O2S/c1-2-17-7-3-5-9-19(17)25-22(28)16-30-23-18-8-4-6-10-20(18)24-21(26-23)15-27-11-13-29-14-12-27/h3-10H,2,11-16H2,1H3,(H,25,28). The van der Waals surface area contributed by atoms with Crippen molar-refractivity contribution in [1.82, 2.24) is 14.9 Å². The van der Waals surface area contributed by atoms with Crippen molar-refractivity contribution in [2.75, 3.05) is 37.4 Å². The summed E-state index contributed by atoms with van der Waals surface area (Å²) in [7, 11) is 0. The third-order valence-corrected chi connectivity index (χ3v) is 6.09. The molecule has 1 aliphatic rings. The van der Waals surface area contributed by atoms with Crippen LogP contribution in [-0.4, -0.2) is 52.8 Å². The number of nitrogens with one attached hydrogen (secondary N) is 1. The maximum Gasteiger partial charge on any atom is 0.234 e. The van der Waals surface area contributed by atoms with Gasteiger partial charge in [-0.1, -0.05) is 55.1 Å². The monoisotopic (exact) mass is 422 g/mol. The average molecular weight is 423 g/mol. The van der Waals surface area contributed by atoms with Crippen LogP contribution in [0.1, 0.15) is 18.3 Å². The van der Waals surface area contributed by atoms with Crippen molar-refractivity contribution in [3.8, 4) is 0 Å². The Bertz CT molecular complexity index is 1020. The smallest absolute Gasteiger partial charge is 0.234 e. The maximum absolute atomic E-state index is 12.6. The number of fused-ring (bicyclic) bond motifs is 1. The van der Waals surface area contributed by atoms with Crippen LogP contribution in [0.3, 0.4) is 0 Å². The van der Waals surface area contributed by atoms with Gasteiger partial charge < -0.3 is 10.1 Å². The Morgan fingerprint density at radius 3 is 2.70 bits per heavy atom. The van der Waals surface area contributed by atoms with Crippen LogP contribution in [0.15, 0.2) is 53.6 Å². The first kappa shape index (κ1) is 20.8. The Morgan fingerprint density at radius 2 is 1.87 bits per heavy atom. The quantitative estimate of drug-likeness (QED) is 0.462. The summed E-state index contributed by atoms with van der Waals surface area (Å²) >= 11 is 1.46. The molecule has 0 atom stereocenters. The molecule has 7 heteroatoms. The molecule has 0 spiro atoms. The summed E-state index contributed by atoms with van der Waals surface area (Å²) in [6.45, 7) is 6.04. The minimum absolute atomic E-state index is 0.0293. The fraction of sp³-hybridized carbons (Fsp3) is 0.348. The number of aromatic nitrogens is 2. The van der Waals surface area contributed by atoms with Crippen molar-refractivity contribution in [1.29, 1.82) is 0 Å². The number of hydrogen-bond acceptors (Lipinski definition) is 6. The van der Waals surface area contributed by atoms with E-state index in [1.807, 2.05) is 48.5 Å². The van der Waals surface area contributed by atoms with Crippen molar-refractivity contribution in [2.24, 2.45) is 0 Å². The Hall–Kier alpha value is -2.48. The minimum atomic E-state index is -0.0293. The molecule has 0 radical (unpaired) electrons. The highest BCUT2D eigenvalue weighted by atomic mass is 32.2. The minimum Gasteiger partial charge on any atom is -0.379 e. The van der Waals surface area contributed by atoms with Gasteiger partial charge in [-0.15, -0.1) is 0 Å². The van der Waals surface area contributed by atoms with Crippen LogP contribution >= 0.6 is 11.8 Å². The molecule has 2 heterocycles. The third kappa shape index (κ3) is 5.16. The first-order valence-corrected chi connectivity index (χ1v) is 11.3. The van der Waals surface area contributed by atoms with Gasteiger partial charge in [0.2, 0.25) is 5.91 Å². The molecule has 0 unspecified atom stereocenters. The van der Waals surface area contributed by atoms with Crippen LogP contribution in [0.5, 0.6) is 0 Å². The molecule has 6 nitrogen and oxygen atoms in total. The summed E-state index contributed by atoms with van der Waals surface area (Å²) in [5, 5.41) is 4.87. The molecule has 0 aliphatic carbocycles. The Kier molecular flexibility index (Phi) is 6.94. The van der Waals surface area contributed by atoms with Gasteiger partial charge in [-0.2, -0.15) is 0 Å². The van der Waals surface area contributed by atoms with Crippen molar-refractivity contribution >= 4 is 34.3 Å². The lowest BCUT2D eigenvalue weighted by molar-refractivity contribution is -0.113. The molecule has 30 heavy (non-hydrogen) atoms. The maximum atomic E-state index is 12.6. The molecule has 1 fully saturated rings. The highest BCUT2D eigenvalue weighted by Crippen LogP contribution is 2.26. The van der Waals surface area contributed by atoms with Gasteiger partial charge in [0, 0.05) is 24.2 Å². The lowest BCUT2D eigenvalue weighted by Gasteiger charge is -2.25. The van der Waals surface area contributed by atoms with E-state index in [1.165, 1.54) is 11.8 Å². The fourth-order valence-electron chi connectivity index (χ4n) is 3.50. The number of rotatable bonds is 7. The topological polar surface area (TPSA) is 67.4 Å². The molecule has 1 amide bonds. The van der Waals surface area contributed by atoms with E-state index >= 15 is 0 Å². The first-order chi connectivity index (χ1) is 14.7. The third-order valence-electron chi connectivity index (χ3n) is 5.10. The number of benzene rings is 2. The van der Waals surface area contributed by atoms with Gasteiger partial charge in [0.1, 0.15) is 10.9 Å². The van der Waals surface area contributed by atoms with E-state index in [1.54, 1.807) is 0 Å². The van der Waals surface area contributed by atoms with E-state index in [9.17, 15) is 4.79 Å².